The Hall–Kier alpha value is -2.67. The van der Waals surface area contributed by atoms with Crippen molar-refractivity contribution in [2.24, 2.45) is 0 Å². The van der Waals surface area contributed by atoms with Crippen LogP contribution < -0.4 is 15.8 Å². The monoisotopic (exact) mass is 354 g/mol. The number of carbonyl (C=O) groups excluding carboxylic acids is 1. The van der Waals surface area contributed by atoms with Crippen molar-refractivity contribution in [1.82, 2.24) is 9.97 Å². The van der Waals surface area contributed by atoms with Crippen LogP contribution in [0.2, 0.25) is 0 Å². The fourth-order valence-electron chi connectivity index (χ4n) is 3.77. The topological polar surface area (TPSA) is 87.3 Å². The molecule has 1 unspecified atom stereocenters. The second-order valence-corrected chi connectivity index (χ2v) is 6.92. The summed E-state index contributed by atoms with van der Waals surface area (Å²) >= 11 is 0. The number of hydrogen-bond donors (Lipinski definition) is 2. The van der Waals surface area contributed by atoms with E-state index >= 15 is 0 Å². The Morgan fingerprint density at radius 3 is 2.69 bits per heavy atom. The Balaban J connectivity index is 1.80. The van der Waals surface area contributed by atoms with Crippen LogP contribution in [0.15, 0.2) is 23.0 Å². The van der Waals surface area contributed by atoms with Crippen LogP contribution in [0.25, 0.3) is 0 Å². The summed E-state index contributed by atoms with van der Waals surface area (Å²) in [6.45, 7) is 6.56. The molecule has 7 nitrogen and oxygen atoms in total. The molecular formula is C19H22N4O3. The molecule has 1 saturated heterocycles. The first-order valence-corrected chi connectivity index (χ1v) is 8.87. The third kappa shape index (κ3) is 2.99. The Bertz CT molecular complexity index is 915. The number of carbonyl (C=O) groups is 1. The van der Waals surface area contributed by atoms with E-state index in [1.54, 1.807) is 0 Å². The van der Waals surface area contributed by atoms with E-state index in [1.165, 1.54) is 0 Å². The number of nitrogens with one attached hydrogen (secondary N) is 2. The summed E-state index contributed by atoms with van der Waals surface area (Å²) in [6, 6.07) is 6.09. The summed E-state index contributed by atoms with van der Waals surface area (Å²) in [7, 11) is 0. The van der Waals surface area contributed by atoms with Crippen molar-refractivity contribution in [3.63, 3.8) is 0 Å². The molecule has 1 aromatic heterocycles. The van der Waals surface area contributed by atoms with Gasteiger partial charge in [0.2, 0.25) is 11.9 Å². The van der Waals surface area contributed by atoms with Gasteiger partial charge in [0, 0.05) is 25.4 Å². The lowest BCUT2D eigenvalue weighted by atomic mass is 9.84. The average Bonchev–Trinajstić information content (AvgIpc) is 2.61. The van der Waals surface area contributed by atoms with Gasteiger partial charge in [0.1, 0.15) is 5.82 Å². The van der Waals surface area contributed by atoms with E-state index < -0.39 is 0 Å². The largest absolute Gasteiger partial charge is 0.378 e. The first-order valence-electron chi connectivity index (χ1n) is 8.87. The third-order valence-electron chi connectivity index (χ3n) is 5.05. The number of ether oxygens (including phenoxy) is 1. The zero-order chi connectivity index (χ0) is 18.3. The van der Waals surface area contributed by atoms with E-state index in [2.05, 4.69) is 21.4 Å². The molecule has 0 saturated carbocycles. The minimum absolute atomic E-state index is 0.117. The highest BCUT2D eigenvalue weighted by atomic mass is 16.5. The zero-order valence-electron chi connectivity index (χ0n) is 15.0. The number of aryl methyl sites for hydroxylation is 2. The Morgan fingerprint density at radius 1 is 1.19 bits per heavy atom. The zero-order valence-corrected chi connectivity index (χ0v) is 15.0. The molecule has 26 heavy (non-hydrogen) atoms. The van der Waals surface area contributed by atoms with E-state index in [9.17, 15) is 9.59 Å². The minimum Gasteiger partial charge on any atom is -0.378 e. The van der Waals surface area contributed by atoms with Crippen LogP contribution >= 0.6 is 0 Å². The summed E-state index contributed by atoms with van der Waals surface area (Å²) in [5.41, 5.74) is 3.57. The van der Waals surface area contributed by atoms with E-state index in [4.69, 9.17) is 4.74 Å². The molecule has 4 rings (SSSR count). The van der Waals surface area contributed by atoms with Crippen LogP contribution in [-0.2, 0) is 9.53 Å². The fraction of sp³-hybridized carbons (Fsp3) is 0.421. The molecule has 136 valence electrons. The molecule has 0 aliphatic carbocycles. The van der Waals surface area contributed by atoms with Gasteiger partial charge in [0.25, 0.3) is 5.56 Å². The van der Waals surface area contributed by atoms with E-state index in [0.29, 0.717) is 43.6 Å². The van der Waals surface area contributed by atoms with Gasteiger partial charge in [-0.1, -0.05) is 23.8 Å². The van der Waals surface area contributed by atoms with Gasteiger partial charge in [-0.15, -0.1) is 0 Å². The molecule has 7 heteroatoms. The normalized spacial score (nSPS) is 19.8. The predicted octanol–water partition coefficient (Wildman–Crippen LogP) is 1.70. The number of anilines is 2. The highest BCUT2D eigenvalue weighted by Crippen LogP contribution is 2.36. The number of morpholine rings is 1. The quantitative estimate of drug-likeness (QED) is 0.857. The van der Waals surface area contributed by atoms with Gasteiger partial charge in [-0.05, 0) is 25.0 Å². The van der Waals surface area contributed by atoms with Gasteiger partial charge >= 0.3 is 0 Å². The summed E-state index contributed by atoms with van der Waals surface area (Å²) < 4.78 is 5.35. The number of aromatic amines is 1. The van der Waals surface area contributed by atoms with Crippen molar-refractivity contribution in [2.75, 3.05) is 36.5 Å². The number of aromatic nitrogens is 2. The van der Waals surface area contributed by atoms with Crippen LogP contribution in [0.1, 0.15) is 34.6 Å². The molecule has 0 spiro atoms. The number of hydrogen-bond acceptors (Lipinski definition) is 5. The average molecular weight is 354 g/mol. The van der Waals surface area contributed by atoms with Gasteiger partial charge in [-0.2, -0.15) is 4.98 Å². The lowest BCUT2D eigenvalue weighted by Crippen LogP contribution is -2.40. The molecule has 1 atom stereocenters. The van der Waals surface area contributed by atoms with Crippen molar-refractivity contribution in [2.45, 2.75) is 26.2 Å². The van der Waals surface area contributed by atoms with Crippen LogP contribution in [-0.4, -0.2) is 42.2 Å². The highest BCUT2D eigenvalue weighted by molar-refractivity contribution is 5.94. The summed E-state index contributed by atoms with van der Waals surface area (Å²) in [5, 5.41) is 2.78. The SMILES string of the molecule is Cc1ccc(C2CC(=O)Nc3nc(N4CCOCC4)[nH]c(=O)c32)c(C)c1. The summed E-state index contributed by atoms with van der Waals surface area (Å²) in [6.07, 6.45) is 0.249. The van der Waals surface area contributed by atoms with Crippen molar-refractivity contribution >= 4 is 17.7 Å². The van der Waals surface area contributed by atoms with Crippen LogP contribution in [0.4, 0.5) is 11.8 Å². The maximum absolute atomic E-state index is 12.9. The molecule has 0 bridgehead atoms. The molecular weight excluding hydrogens is 332 g/mol. The summed E-state index contributed by atoms with van der Waals surface area (Å²) in [5.74, 6) is 0.456. The lowest BCUT2D eigenvalue weighted by molar-refractivity contribution is -0.116. The van der Waals surface area contributed by atoms with E-state index in [1.807, 2.05) is 30.9 Å². The van der Waals surface area contributed by atoms with Crippen LogP contribution in [0.5, 0.6) is 0 Å². The standard InChI is InChI=1S/C19H22N4O3/c1-11-3-4-13(12(2)9-11)14-10-15(24)20-17-16(14)18(25)22-19(21-17)23-5-7-26-8-6-23/h3-4,9,14H,5-8,10H2,1-2H3,(H2,20,21,22,24,25). The smallest absolute Gasteiger partial charge is 0.258 e. The van der Waals surface area contributed by atoms with Gasteiger partial charge in [0.15, 0.2) is 0 Å². The second-order valence-electron chi connectivity index (χ2n) is 6.92. The Kier molecular flexibility index (Phi) is 4.24. The first-order chi connectivity index (χ1) is 12.5. The Morgan fingerprint density at radius 2 is 1.96 bits per heavy atom. The lowest BCUT2D eigenvalue weighted by Gasteiger charge is -2.30. The number of fused-ring (bicyclic) bond motifs is 1. The van der Waals surface area contributed by atoms with Gasteiger partial charge in [-0.25, -0.2) is 0 Å². The molecule has 2 aliphatic rings. The molecule has 0 radical (unpaired) electrons. The third-order valence-corrected chi connectivity index (χ3v) is 5.05. The Labute approximate surface area is 151 Å². The highest BCUT2D eigenvalue weighted by Gasteiger charge is 2.32. The number of benzene rings is 1. The van der Waals surface area contributed by atoms with Crippen molar-refractivity contribution in [3.8, 4) is 0 Å². The molecule has 3 heterocycles. The van der Waals surface area contributed by atoms with Gasteiger partial charge < -0.3 is 15.0 Å². The number of rotatable bonds is 2. The predicted molar refractivity (Wildman–Crippen MR) is 98.9 cm³/mol. The molecule has 1 amide bonds. The van der Waals surface area contributed by atoms with Crippen LogP contribution in [0, 0.1) is 13.8 Å². The molecule has 1 fully saturated rings. The second kappa shape index (κ2) is 6.57. The molecule has 2 aliphatic heterocycles. The van der Waals surface area contributed by atoms with Crippen molar-refractivity contribution < 1.29 is 9.53 Å². The maximum atomic E-state index is 12.9. The number of H-pyrrole nitrogens is 1. The maximum Gasteiger partial charge on any atom is 0.258 e. The molecule has 2 aromatic rings. The first kappa shape index (κ1) is 16.8. The molecule has 2 N–H and O–H groups in total. The minimum atomic E-state index is -0.283. The van der Waals surface area contributed by atoms with E-state index in [-0.39, 0.29) is 23.8 Å². The number of amides is 1. The molecule has 1 aromatic carbocycles. The van der Waals surface area contributed by atoms with Crippen LogP contribution in [0.3, 0.4) is 0 Å². The number of nitrogens with zero attached hydrogens (tertiary/aromatic N) is 2. The van der Waals surface area contributed by atoms with Gasteiger partial charge in [0.05, 0.1) is 18.8 Å². The summed E-state index contributed by atoms with van der Waals surface area (Å²) in [4.78, 5) is 34.6. The van der Waals surface area contributed by atoms with E-state index in [0.717, 1.165) is 16.7 Å². The fourth-order valence-corrected chi connectivity index (χ4v) is 3.77. The van der Waals surface area contributed by atoms with Crippen molar-refractivity contribution in [3.05, 3.63) is 50.8 Å². The van der Waals surface area contributed by atoms with Crippen molar-refractivity contribution in [1.29, 1.82) is 0 Å². The van der Waals surface area contributed by atoms with Gasteiger partial charge in [-0.3, -0.25) is 14.6 Å².